The molecule has 1 unspecified atom stereocenters. The van der Waals surface area contributed by atoms with Crippen molar-refractivity contribution in [3.63, 3.8) is 0 Å². The Hall–Kier alpha value is -1.82. The van der Waals surface area contributed by atoms with Crippen LogP contribution in [0.4, 0.5) is 11.4 Å². The second-order valence-corrected chi connectivity index (χ2v) is 4.90. The number of nitro benzene ring substituents is 1. The number of rotatable bonds is 5. The molecule has 2 rings (SSSR count). The normalized spacial score (nSPS) is 22.2. The van der Waals surface area contributed by atoms with Gasteiger partial charge in [-0.25, -0.2) is 0 Å². The van der Waals surface area contributed by atoms with Gasteiger partial charge in [-0.3, -0.25) is 10.1 Å². The molecule has 104 valence electrons. The van der Waals surface area contributed by atoms with Gasteiger partial charge < -0.3 is 14.8 Å². The van der Waals surface area contributed by atoms with Gasteiger partial charge in [0.05, 0.1) is 17.6 Å². The van der Waals surface area contributed by atoms with Gasteiger partial charge in [0.1, 0.15) is 0 Å². The van der Waals surface area contributed by atoms with Gasteiger partial charge in [-0.15, -0.1) is 0 Å². The van der Waals surface area contributed by atoms with E-state index in [2.05, 4.69) is 12.2 Å². The van der Waals surface area contributed by atoms with Crippen LogP contribution in [0.25, 0.3) is 0 Å². The molecule has 1 saturated heterocycles. The maximum absolute atomic E-state index is 10.8. The summed E-state index contributed by atoms with van der Waals surface area (Å²) in [7, 11) is 1.42. The molecular weight excluding hydrogens is 248 g/mol. The standard InChI is InChI=1S/C13H18N2O4/c1-13(6-3-7-19-13)9-14-10-4-5-11(15(16)17)12(8-10)18-2/h4-5,8,14H,3,6-7,9H2,1-2H3. The second kappa shape index (κ2) is 5.44. The summed E-state index contributed by atoms with van der Waals surface area (Å²) in [4.78, 5) is 10.3. The van der Waals surface area contributed by atoms with Gasteiger partial charge in [0.25, 0.3) is 0 Å². The Bertz CT molecular complexity index is 470. The van der Waals surface area contributed by atoms with Crippen LogP contribution < -0.4 is 10.1 Å². The van der Waals surface area contributed by atoms with E-state index in [-0.39, 0.29) is 17.0 Å². The Morgan fingerprint density at radius 2 is 2.37 bits per heavy atom. The predicted octanol–water partition coefficient (Wildman–Crippen LogP) is 2.58. The monoisotopic (exact) mass is 266 g/mol. The van der Waals surface area contributed by atoms with Crippen LogP contribution in [0.5, 0.6) is 5.75 Å². The van der Waals surface area contributed by atoms with Crippen molar-refractivity contribution in [2.75, 3.05) is 25.6 Å². The topological polar surface area (TPSA) is 73.6 Å². The molecule has 6 nitrogen and oxygen atoms in total. The van der Waals surface area contributed by atoms with E-state index in [1.54, 1.807) is 12.1 Å². The second-order valence-electron chi connectivity index (χ2n) is 4.90. The number of methoxy groups -OCH3 is 1. The number of nitrogens with one attached hydrogen (secondary N) is 1. The summed E-state index contributed by atoms with van der Waals surface area (Å²) in [5.41, 5.74) is 0.602. The van der Waals surface area contributed by atoms with Crippen LogP contribution in [0.15, 0.2) is 18.2 Å². The first-order valence-electron chi connectivity index (χ1n) is 6.24. The molecule has 1 aromatic rings. The van der Waals surface area contributed by atoms with E-state index in [0.29, 0.717) is 6.54 Å². The molecule has 6 heteroatoms. The fourth-order valence-electron chi connectivity index (χ4n) is 2.20. The third-order valence-corrected chi connectivity index (χ3v) is 3.34. The van der Waals surface area contributed by atoms with Gasteiger partial charge in [-0.2, -0.15) is 0 Å². The van der Waals surface area contributed by atoms with Crippen molar-refractivity contribution >= 4 is 11.4 Å². The summed E-state index contributed by atoms with van der Waals surface area (Å²) in [6.07, 6.45) is 2.09. The number of nitrogens with zero attached hydrogens (tertiary/aromatic N) is 1. The number of hydrogen-bond donors (Lipinski definition) is 1. The SMILES string of the molecule is COc1cc(NCC2(C)CCCO2)ccc1[N+](=O)[O-]. The predicted molar refractivity (Wildman–Crippen MR) is 71.7 cm³/mol. The molecule has 1 aliphatic heterocycles. The molecule has 1 heterocycles. The molecule has 0 saturated carbocycles. The Morgan fingerprint density at radius 3 is 2.95 bits per heavy atom. The van der Waals surface area contributed by atoms with Crippen molar-refractivity contribution in [1.29, 1.82) is 0 Å². The minimum Gasteiger partial charge on any atom is -0.490 e. The van der Waals surface area contributed by atoms with E-state index in [4.69, 9.17) is 9.47 Å². The van der Waals surface area contributed by atoms with Crippen molar-refractivity contribution < 1.29 is 14.4 Å². The lowest BCUT2D eigenvalue weighted by Gasteiger charge is -2.24. The molecule has 0 amide bonds. The number of nitro groups is 1. The van der Waals surface area contributed by atoms with Gasteiger partial charge in [-0.1, -0.05) is 0 Å². The summed E-state index contributed by atoms with van der Waals surface area (Å²) < 4.78 is 10.7. The minimum absolute atomic E-state index is 0.0311. The number of benzene rings is 1. The lowest BCUT2D eigenvalue weighted by Crippen LogP contribution is -2.32. The molecule has 1 atom stereocenters. The first-order chi connectivity index (χ1) is 9.04. The quantitative estimate of drug-likeness (QED) is 0.655. The van der Waals surface area contributed by atoms with E-state index < -0.39 is 4.92 Å². The zero-order valence-electron chi connectivity index (χ0n) is 11.1. The van der Waals surface area contributed by atoms with E-state index in [1.807, 2.05) is 0 Å². The first-order valence-corrected chi connectivity index (χ1v) is 6.24. The van der Waals surface area contributed by atoms with Crippen LogP contribution in [-0.4, -0.2) is 30.8 Å². The van der Waals surface area contributed by atoms with Crippen LogP contribution >= 0.6 is 0 Å². The molecular formula is C13H18N2O4. The highest BCUT2D eigenvalue weighted by atomic mass is 16.6. The summed E-state index contributed by atoms with van der Waals surface area (Å²) in [5.74, 6) is 0.257. The van der Waals surface area contributed by atoms with Crippen molar-refractivity contribution in [3.8, 4) is 5.75 Å². The van der Waals surface area contributed by atoms with Crippen LogP contribution in [0, 0.1) is 10.1 Å². The van der Waals surface area contributed by atoms with Crippen molar-refractivity contribution in [2.24, 2.45) is 0 Å². The zero-order valence-corrected chi connectivity index (χ0v) is 11.1. The maximum Gasteiger partial charge on any atom is 0.311 e. The molecule has 0 spiro atoms. The third-order valence-electron chi connectivity index (χ3n) is 3.34. The van der Waals surface area contributed by atoms with Gasteiger partial charge in [0, 0.05) is 31.0 Å². The molecule has 1 aromatic carbocycles. The number of anilines is 1. The highest BCUT2D eigenvalue weighted by molar-refractivity contribution is 5.58. The van der Waals surface area contributed by atoms with E-state index in [1.165, 1.54) is 13.2 Å². The zero-order chi connectivity index (χ0) is 13.9. The highest BCUT2D eigenvalue weighted by Gasteiger charge is 2.29. The lowest BCUT2D eigenvalue weighted by atomic mass is 10.0. The smallest absolute Gasteiger partial charge is 0.311 e. The highest BCUT2D eigenvalue weighted by Crippen LogP contribution is 2.31. The largest absolute Gasteiger partial charge is 0.490 e. The van der Waals surface area contributed by atoms with Crippen LogP contribution in [0.2, 0.25) is 0 Å². The molecule has 0 aromatic heterocycles. The summed E-state index contributed by atoms with van der Waals surface area (Å²) in [6.45, 7) is 3.53. The molecule has 19 heavy (non-hydrogen) atoms. The van der Waals surface area contributed by atoms with Crippen LogP contribution in [-0.2, 0) is 4.74 Å². The maximum atomic E-state index is 10.8. The molecule has 1 aliphatic rings. The summed E-state index contributed by atoms with van der Waals surface area (Å²) in [5, 5.41) is 14.0. The van der Waals surface area contributed by atoms with Crippen LogP contribution in [0.1, 0.15) is 19.8 Å². The molecule has 1 fully saturated rings. The first kappa shape index (κ1) is 13.6. The Labute approximate surface area is 111 Å². The van der Waals surface area contributed by atoms with Crippen molar-refractivity contribution in [2.45, 2.75) is 25.4 Å². The average molecular weight is 266 g/mol. The van der Waals surface area contributed by atoms with Crippen molar-refractivity contribution in [3.05, 3.63) is 28.3 Å². The van der Waals surface area contributed by atoms with Gasteiger partial charge in [0.15, 0.2) is 5.75 Å². The fourth-order valence-corrected chi connectivity index (χ4v) is 2.20. The van der Waals surface area contributed by atoms with Gasteiger partial charge >= 0.3 is 5.69 Å². The Morgan fingerprint density at radius 1 is 1.58 bits per heavy atom. The Kier molecular flexibility index (Phi) is 3.90. The van der Waals surface area contributed by atoms with Gasteiger partial charge in [-0.05, 0) is 25.8 Å². The summed E-state index contributed by atoms with van der Waals surface area (Å²) in [6, 6.07) is 4.76. The third kappa shape index (κ3) is 3.14. The van der Waals surface area contributed by atoms with Crippen molar-refractivity contribution in [1.82, 2.24) is 0 Å². The van der Waals surface area contributed by atoms with E-state index in [0.717, 1.165) is 25.1 Å². The number of ether oxygens (including phenoxy) is 2. The van der Waals surface area contributed by atoms with Gasteiger partial charge in [0.2, 0.25) is 0 Å². The average Bonchev–Trinajstić information content (AvgIpc) is 2.83. The lowest BCUT2D eigenvalue weighted by molar-refractivity contribution is -0.385. The van der Waals surface area contributed by atoms with E-state index >= 15 is 0 Å². The van der Waals surface area contributed by atoms with Crippen LogP contribution in [0.3, 0.4) is 0 Å². The number of hydrogen-bond acceptors (Lipinski definition) is 5. The van der Waals surface area contributed by atoms with E-state index in [9.17, 15) is 10.1 Å². The summed E-state index contributed by atoms with van der Waals surface area (Å²) >= 11 is 0. The Balaban J connectivity index is 2.07. The molecule has 0 bridgehead atoms. The molecule has 0 aliphatic carbocycles. The minimum atomic E-state index is -0.454. The molecule has 1 N–H and O–H groups in total. The fraction of sp³-hybridized carbons (Fsp3) is 0.538. The molecule has 0 radical (unpaired) electrons.